The van der Waals surface area contributed by atoms with Crippen LogP contribution in [0.1, 0.15) is 18.4 Å². The third-order valence-corrected chi connectivity index (χ3v) is 4.33. The molecule has 3 rings (SSSR count). The summed E-state index contributed by atoms with van der Waals surface area (Å²) in [6, 6.07) is 4.52. The van der Waals surface area contributed by atoms with E-state index in [1.54, 1.807) is 6.07 Å². The van der Waals surface area contributed by atoms with Crippen LogP contribution in [0.4, 0.5) is 4.39 Å². The fourth-order valence-corrected chi connectivity index (χ4v) is 3.08. The molecule has 0 radical (unpaired) electrons. The Hall–Kier alpha value is -0.680. The highest BCUT2D eigenvalue weighted by molar-refractivity contribution is 6.31. The molecule has 2 heterocycles. The molecule has 20 heavy (non-hydrogen) atoms. The lowest BCUT2D eigenvalue weighted by atomic mass is 10.1. The fourth-order valence-electron chi connectivity index (χ4n) is 2.90. The molecule has 110 valence electrons. The standard InChI is InChI=1S/C15H19ClFNO2/c16-13-4-3-12(17)8-11(13)9-18-5-7-20-15(10-18)14-2-1-6-19-14/h3-4,8,14-15H,1-2,5-7,9-10H2/t14-,15+/m1/s1. The Bertz CT molecular complexity index is 465. The average molecular weight is 300 g/mol. The molecule has 1 aromatic carbocycles. The second-order valence-electron chi connectivity index (χ2n) is 5.43. The van der Waals surface area contributed by atoms with Crippen molar-refractivity contribution < 1.29 is 13.9 Å². The number of hydrogen-bond acceptors (Lipinski definition) is 3. The average Bonchev–Trinajstić information content (AvgIpc) is 2.97. The predicted octanol–water partition coefficient (Wildman–Crippen LogP) is 2.86. The number of rotatable bonds is 3. The van der Waals surface area contributed by atoms with Crippen molar-refractivity contribution in [3.05, 3.63) is 34.6 Å². The van der Waals surface area contributed by atoms with Gasteiger partial charge in [-0.05, 0) is 36.6 Å². The highest BCUT2D eigenvalue weighted by Gasteiger charge is 2.31. The topological polar surface area (TPSA) is 21.7 Å². The Balaban J connectivity index is 1.63. The predicted molar refractivity (Wildman–Crippen MR) is 75.4 cm³/mol. The van der Waals surface area contributed by atoms with Gasteiger partial charge in [0.2, 0.25) is 0 Å². The van der Waals surface area contributed by atoms with Crippen LogP contribution in [0.3, 0.4) is 0 Å². The lowest BCUT2D eigenvalue weighted by Crippen LogP contribution is -2.47. The summed E-state index contributed by atoms with van der Waals surface area (Å²) in [6.07, 6.45) is 2.51. The number of ether oxygens (including phenoxy) is 2. The number of halogens is 2. The Labute approximate surface area is 123 Å². The van der Waals surface area contributed by atoms with Gasteiger partial charge in [0.15, 0.2) is 0 Å². The van der Waals surface area contributed by atoms with Gasteiger partial charge in [-0.1, -0.05) is 11.6 Å². The Morgan fingerprint density at radius 1 is 1.25 bits per heavy atom. The largest absolute Gasteiger partial charge is 0.375 e. The molecule has 2 fully saturated rings. The van der Waals surface area contributed by atoms with Gasteiger partial charge in [-0.2, -0.15) is 0 Å². The molecule has 0 bridgehead atoms. The van der Waals surface area contributed by atoms with Crippen molar-refractivity contribution in [2.75, 3.05) is 26.3 Å². The Morgan fingerprint density at radius 3 is 2.90 bits per heavy atom. The first-order chi connectivity index (χ1) is 9.72. The van der Waals surface area contributed by atoms with Crippen LogP contribution < -0.4 is 0 Å². The van der Waals surface area contributed by atoms with Crippen molar-refractivity contribution in [1.29, 1.82) is 0 Å². The minimum Gasteiger partial charge on any atom is -0.375 e. The molecule has 2 atom stereocenters. The van der Waals surface area contributed by atoms with E-state index in [1.165, 1.54) is 12.1 Å². The van der Waals surface area contributed by atoms with E-state index >= 15 is 0 Å². The molecule has 3 nitrogen and oxygen atoms in total. The molecule has 0 N–H and O–H groups in total. The molecule has 2 saturated heterocycles. The van der Waals surface area contributed by atoms with Gasteiger partial charge in [0.1, 0.15) is 5.82 Å². The van der Waals surface area contributed by atoms with Gasteiger partial charge in [0, 0.05) is 31.3 Å². The van der Waals surface area contributed by atoms with Crippen LogP contribution in [-0.4, -0.2) is 43.4 Å². The van der Waals surface area contributed by atoms with E-state index in [0.717, 1.165) is 38.1 Å². The maximum Gasteiger partial charge on any atom is 0.123 e. The van der Waals surface area contributed by atoms with Crippen molar-refractivity contribution in [2.24, 2.45) is 0 Å². The molecule has 0 unspecified atom stereocenters. The molecule has 1 aromatic rings. The summed E-state index contributed by atoms with van der Waals surface area (Å²) in [5.74, 6) is -0.242. The summed E-state index contributed by atoms with van der Waals surface area (Å²) in [4.78, 5) is 2.26. The van der Waals surface area contributed by atoms with Crippen LogP contribution >= 0.6 is 11.6 Å². The molecule has 5 heteroatoms. The number of nitrogens with zero attached hydrogens (tertiary/aromatic N) is 1. The summed E-state index contributed by atoms with van der Waals surface area (Å²) >= 11 is 6.13. The number of hydrogen-bond donors (Lipinski definition) is 0. The normalized spacial score (nSPS) is 27.9. The fraction of sp³-hybridized carbons (Fsp3) is 0.600. The molecule has 2 aliphatic rings. The minimum atomic E-state index is -0.242. The smallest absolute Gasteiger partial charge is 0.123 e. The van der Waals surface area contributed by atoms with Crippen LogP contribution in [-0.2, 0) is 16.0 Å². The van der Waals surface area contributed by atoms with Crippen molar-refractivity contribution in [2.45, 2.75) is 31.6 Å². The second kappa shape index (κ2) is 6.39. The summed E-state index contributed by atoms with van der Waals surface area (Å²) < 4.78 is 24.8. The van der Waals surface area contributed by atoms with Gasteiger partial charge in [-0.15, -0.1) is 0 Å². The minimum absolute atomic E-state index is 0.124. The quantitative estimate of drug-likeness (QED) is 0.857. The van der Waals surface area contributed by atoms with E-state index in [2.05, 4.69) is 4.90 Å². The first-order valence-corrected chi connectivity index (χ1v) is 7.49. The van der Waals surface area contributed by atoms with E-state index in [4.69, 9.17) is 21.1 Å². The monoisotopic (exact) mass is 299 g/mol. The van der Waals surface area contributed by atoms with Gasteiger partial charge in [-0.25, -0.2) is 4.39 Å². The molecular formula is C15H19ClFNO2. The third-order valence-electron chi connectivity index (χ3n) is 3.96. The molecule has 0 spiro atoms. The van der Waals surface area contributed by atoms with Crippen molar-refractivity contribution >= 4 is 11.6 Å². The molecular weight excluding hydrogens is 281 g/mol. The van der Waals surface area contributed by atoms with Crippen LogP contribution in [0.2, 0.25) is 5.02 Å². The molecule has 0 aromatic heterocycles. The van der Waals surface area contributed by atoms with Gasteiger partial charge >= 0.3 is 0 Å². The first kappa shape index (κ1) is 14.3. The van der Waals surface area contributed by atoms with Crippen molar-refractivity contribution in [3.63, 3.8) is 0 Å². The molecule has 0 aliphatic carbocycles. The third kappa shape index (κ3) is 3.31. The maximum absolute atomic E-state index is 13.3. The zero-order chi connectivity index (χ0) is 13.9. The highest BCUT2D eigenvalue weighted by Crippen LogP contribution is 2.24. The van der Waals surface area contributed by atoms with Crippen molar-refractivity contribution in [1.82, 2.24) is 4.90 Å². The van der Waals surface area contributed by atoms with E-state index in [-0.39, 0.29) is 18.0 Å². The molecule has 0 saturated carbocycles. The number of morpholine rings is 1. The lowest BCUT2D eigenvalue weighted by Gasteiger charge is -2.35. The van der Waals surface area contributed by atoms with E-state index in [0.29, 0.717) is 18.2 Å². The first-order valence-electron chi connectivity index (χ1n) is 7.12. The van der Waals surface area contributed by atoms with Crippen LogP contribution in [0.15, 0.2) is 18.2 Å². The maximum atomic E-state index is 13.3. The van der Waals surface area contributed by atoms with Gasteiger partial charge < -0.3 is 9.47 Å². The van der Waals surface area contributed by atoms with E-state index in [1.807, 2.05) is 0 Å². The van der Waals surface area contributed by atoms with Crippen LogP contribution in [0.5, 0.6) is 0 Å². The number of benzene rings is 1. The van der Waals surface area contributed by atoms with Crippen molar-refractivity contribution in [3.8, 4) is 0 Å². The SMILES string of the molecule is Fc1ccc(Cl)c(CN2CCO[C@H]([C@H]3CCCO3)C2)c1. The Kier molecular flexibility index (Phi) is 4.56. The molecule has 0 amide bonds. The Morgan fingerprint density at radius 2 is 2.10 bits per heavy atom. The second-order valence-corrected chi connectivity index (χ2v) is 5.84. The van der Waals surface area contributed by atoms with Gasteiger partial charge in [0.05, 0.1) is 18.8 Å². The van der Waals surface area contributed by atoms with E-state index in [9.17, 15) is 4.39 Å². The zero-order valence-corrected chi connectivity index (χ0v) is 12.1. The van der Waals surface area contributed by atoms with Crippen LogP contribution in [0, 0.1) is 5.82 Å². The molecule has 2 aliphatic heterocycles. The zero-order valence-electron chi connectivity index (χ0n) is 11.4. The highest BCUT2D eigenvalue weighted by atomic mass is 35.5. The lowest BCUT2D eigenvalue weighted by molar-refractivity contribution is -0.0960. The summed E-state index contributed by atoms with van der Waals surface area (Å²) in [5, 5.41) is 0.617. The summed E-state index contributed by atoms with van der Waals surface area (Å²) in [6.45, 7) is 3.84. The summed E-state index contributed by atoms with van der Waals surface area (Å²) in [5.41, 5.74) is 0.833. The summed E-state index contributed by atoms with van der Waals surface area (Å²) in [7, 11) is 0. The van der Waals surface area contributed by atoms with Gasteiger partial charge in [-0.3, -0.25) is 4.90 Å². The van der Waals surface area contributed by atoms with Crippen LogP contribution in [0.25, 0.3) is 0 Å². The van der Waals surface area contributed by atoms with Gasteiger partial charge in [0.25, 0.3) is 0 Å². The van der Waals surface area contributed by atoms with E-state index < -0.39 is 0 Å².